The maximum atomic E-state index is 14.1. The average molecular weight is 278 g/mol. The lowest BCUT2D eigenvalue weighted by atomic mass is 9.98. The molecular weight excluding hydrogens is 255 g/mol. The van der Waals surface area contributed by atoms with E-state index in [0.29, 0.717) is 24.6 Å². The number of aryl methyl sites for hydroxylation is 1. The Labute approximate surface area is 120 Å². The van der Waals surface area contributed by atoms with Crippen molar-refractivity contribution in [2.75, 3.05) is 26.2 Å². The molecule has 1 unspecified atom stereocenters. The van der Waals surface area contributed by atoms with E-state index in [2.05, 4.69) is 5.32 Å². The zero-order valence-electron chi connectivity index (χ0n) is 12.3. The van der Waals surface area contributed by atoms with E-state index < -0.39 is 5.82 Å². The van der Waals surface area contributed by atoms with E-state index in [1.165, 1.54) is 0 Å². The number of piperidine rings is 1. The summed E-state index contributed by atoms with van der Waals surface area (Å²) >= 11 is 0. The van der Waals surface area contributed by atoms with Gasteiger partial charge < -0.3 is 10.2 Å². The fourth-order valence-corrected chi connectivity index (χ4v) is 2.73. The lowest BCUT2D eigenvalue weighted by Gasteiger charge is -2.29. The Kier molecular flexibility index (Phi) is 5.12. The number of benzene rings is 1. The summed E-state index contributed by atoms with van der Waals surface area (Å²) in [5.41, 5.74) is 0.710. The Hall–Kier alpha value is -1.42. The predicted molar refractivity (Wildman–Crippen MR) is 78.3 cm³/mol. The van der Waals surface area contributed by atoms with Gasteiger partial charge in [0.1, 0.15) is 5.82 Å². The Balaban J connectivity index is 2.10. The van der Waals surface area contributed by atoms with Crippen molar-refractivity contribution in [3.05, 3.63) is 35.1 Å². The zero-order valence-corrected chi connectivity index (χ0v) is 12.3. The summed E-state index contributed by atoms with van der Waals surface area (Å²) in [7, 11) is 0. The quantitative estimate of drug-likeness (QED) is 0.918. The fourth-order valence-electron chi connectivity index (χ4n) is 2.73. The van der Waals surface area contributed by atoms with Gasteiger partial charge in [-0.15, -0.1) is 0 Å². The van der Waals surface area contributed by atoms with Crippen LogP contribution in [0.5, 0.6) is 0 Å². The Bertz CT molecular complexity index is 470. The van der Waals surface area contributed by atoms with E-state index in [1.54, 1.807) is 30.0 Å². The standard InChI is InChI=1S/C16H23FN2O/c1-3-19(11-13-7-5-9-18-10-13)16(20)14-8-4-6-12(2)15(14)17/h4,6,8,13,18H,3,5,7,9-11H2,1-2H3. The predicted octanol–water partition coefficient (Wildman–Crippen LogP) is 2.60. The van der Waals surface area contributed by atoms with E-state index in [0.717, 1.165) is 25.9 Å². The summed E-state index contributed by atoms with van der Waals surface area (Å²) in [5, 5.41) is 3.35. The second-order valence-corrected chi connectivity index (χ2v) is 5.49. The van der Waals surface area contributed by atoms with Crippen molar-refractivity contribution < 1.29 is 9.18 Å². The largest absolute Gasteiger partial charge is 0.339 e. The third-order valence-electron chi connectivity index (χ3n) is 3.97. The third kappa shape index (κ3) is 3.37. The van der Waals surface area contributed by atoms with E-state index >= 15 is 0 Å². The zero-order chi connectivity index (χ0) is 14.5. The number of hydrogen-bond acceptors (Lipinski definition) is 2. The van der Waals surface area contributed by atoms with Crippen LogP contribution in [0.1, 0.15) is 35.7 Å². The van der Waals surface area contributed by atoms with Crippen LogP contribution in [-0.2, 0) is 0 Å². The molecule has 3 nitrogen and oxygen atoms in total. The molecule has 1 aliphatic heterocycles. The topological polar surface area (TPSA) is 32.3 Å². The van der Waals surface area contributed by atoms with Crippen LogP contribution in [0.25, 0.3) is 0 Å². The molecule has 0 radical (unpaired) electrons. The van der Waals surface area contributed by atoms with E-state index in [-0.39, 0.29) is 11.5 Å². The normalized spacial score (nSPS) is 18.9. The van der Waals surface area contributed by atoms with Gasteiger partial charge in [0, 0.05) is 13.1 Å². The molecule has 1 aliphatic rings. The number of nitrogens with zero attached hydrogens (tertiary/aromatic N) is 1. The smallest absolute Gasteiger partial charge is 0.256 e. The molecule has 1 saturated heterocycles. The van der Waals surface area contributed by atoms with Gasteiger partial charge in [-0.3, -0.25) is 4.79 Å². The summed E-state index contributed by atoms with van der Waals surface area (Å²) in [6, 6.07) is 5.00. The van der Waals surface area contributed by atoms with E-state index in [9.17, 15) is 9.18 Å². The summed E-state index contributed by atoms with van der Waals surface area (Å²) in [6.45, 7) is 6.96. The van der Waals surface area contributed by atoms with Gasteiger partial charge in [0.25, 0.3) is 5.91 Å². The van der Waals surface area contributed by atoms with Gasteiger partial charge in [-0.25, -0.2) is 4.39 Å². The molecule has 0 aliphatic carbocycles. The first kappa shape index (κ1) is 15.0. The van der Waals surface area contributed by atoms with Crippen molar-refractivity contribution >= 4 is 5.91 Å². The minimum Gasteiger partial charge on any atom is -0.339 e. The Morgan fingerprint density at radius 2 is 2.30 bits per heavy atom. The lowest BCUT2D eigenvalue weighted by Crippen LogP contribution is -2.41. The molecule has 1 fully saturated rings. The molecule has 2 rings (SSSR count). The SMILES string of the molecule is CCN(CC1CCCNC1)C(=O)c1cccc(C)c1F. The molecule has 0 saturated carbocycles. The van der Waals surface area contributed by atoms with Crippen molar-refractivity contribution in [1.29, 1.82) is 0 Å². The van der Waals surface area contributed by atoms with E-state index in [4.69, 9.17) is 0 Å². The van der Waals surface area contributed by atoms with Crippen molar-refractivity contribution in [3.63, 3.8) is 0 Å². The first-order chi connectivity index (χ1) is 9.63. The van der Waals surface area contributed by atoms with Crippen LogP contribution in [-0.4, -0.2) is 37.0 Å². The molecule has 110 valence electrons. The van der Waals surface area contributed by atoms with Gasteiger partial charge in [-0.2, -0.15) is 0 Å². The minimum atomic E-state index is -0.391. The van der Waals surface area contributed by atoms with Gasteiger partial charge >= 0.3 is 0 Å². The Morgan fingerprint density at radius 3 is 2.95 bits per heavy atom. The molecule has 1 heterocycles. The third-order valence-corrected chi connectivity index (χ3v) is 3.97. The van der Waals surface area contributed by atoms with Gasteiger partial charge in [-0.1, -0.05) is 12.1 Å². The van der Waals surface area contributed by atoms with Crippen molar-refractivity contribution in [2.24, 2.45) is 5.92 Å². The summed E-state index contributed by atoms with van der Waals surface area (Å²) in [4.78, 5) is 14.2. The van der Waals surface area contributed by atoms with Crippen molar-refractivity contribution in [1.82, 2.24) is 10.2 Å². The number of halogens is 1. The number of hydrogen-bond donors (Lipinski definition) is 1. The Morgan fingerprint density at radius 1 is 1.50 bits per heavy atom. The summed E-state index contributed by atoms with van der Waals surface area (Å²) < 4.78 is 14.1. The van der Waals surface area contributed by atoms with Crippen LogP contribution < -0.4 is 5.32 Å². The molecule has 1 atom stereocenters. The monoisotopic (exact) mass is 278 g/mol. The maximum absolute atomic E-state index is 14.1. The molecule has 1 amide bonds. The number of nitrogens with one attached hydrogen (secondary N) is 1. The van der Waals surface area contributed by atoms with Crippen molar-refractivity contribution in [2.45, 2.75) is 26.7 Å². The number of carbonyl (C=O) groups is 1. The molecule has 0 bridgehead atoms. The summed E-state index contributed by atoms with van der Waals surface area (Å²) in [5.74, 6) is -0.113. The second kappa shape index (κ2) is 6.84. The van der Waals surface area contributed by atoms with Crippen LogP contribution in [0.15, 0.2) is 18.2 Å². The van der Waals surface area contributed by atoms with Gasteiger partial charge in [-0.05, 0) is 57.3 Å². The molecule has 4 heteroatoms. The van der Waals surface area contributed by atoms with Gasteiger partial charge in [0.15, 0.2) is 0 Å². The first-order valence-electron chi connectivity index (χ1n) is 7.38. The average Bonchev–Trinajstić information content (AvgIpc) is 2.48. The highest BCUT2D eigenvalue weighted by atomic mass is 19.1. The molecule has 0 spiro atoms. The highest BCUT2D eigenvalue weighted by Crippen LogP contribution is 2.17. The fraction of sp³-hybridized carbons (Fsp3) is 0.562. The molecule has 20 heavy (non-hydrogen) atoms. The molecule has 1 N–H and O–H groups in total. The maximum Gasteiger partial charge on any atom is 0.256 e. The molecule has 1 aromatic rings. The molecular formula is C16H23FN2O. The van der Waals surface area contributed by atoms with Crippen LogP contribution >= 0.6 is 0 Å². The first-order valence-corrected chi connectivity index (χ1v) is 7.38. The van der Waals surface area contributed by atoms with E-state index in [1.807, 2.05) is 6.92 Å². The second-order valence-electron chi connectivity index (χ2n) is 5.49. The number of rotatable bonds is 4. The highest BCUT2D eigenvalue weighted by molar-refractivity contribution is 5.94. The van der Waals surface area contributed by atoms with Crippen molar-refractivity contribution in [3.8, 4) is 0 Å². The highest BCUT2D eigenvalue weighted by Gasteiger charge is 2.23. The van der Waals surface area contributed by atoms with Gasteiger partial charge in [0.05, 0.1) is 5.56 Å². The molecule has 0 aromatic heterocycles. The molecule has 1 aromatic carbocycles. The van der Waals surface area contributed by atoms with Crippen LogP contribution in [0.3, 0.4) is 0 Å². The van der Waals surface area contributed by atoms with Crippen LogP contribution in [0.4, 0.5) is 4.39 Å². The van der Waals surface area contributed by atoms with Gasteiger partial charge in [0.2, 0.25) is 0 Å². The van der Waals surface area contributed by atoms with Crippen LogP contribution in [0, 0.1) is 18.7 Å². The summed E-state index contributed by atoms with van der Waals surface area (Å²) in [6.07, 6.45) is 2.28. The lowest BCUT2D eigenvalue weighted by molar-refractivity contribution is 0.0724. The minimum absolute atomic E-state index is 0.190. The van der Waals surface area contributed by atoms with Crippen LogP contribution in [0.2, 0.25) is 0 Å². The number of carbonyl (C=O) groups excluding carboxylic acids is 1. The number of amides is 1.